The number of hydrogen-bond donors (Lipinski definition) is 3. The second-order valence-corrected chi connectivity index (χ2v) is 9.09. The number of rotatable bonds is 8. The predicted octanol–water partition coefficient (Wildman–Crippen LogP) is 3.07. The molecule has 0 bridgehead atoms. The molecule has 8 nitrogen and oxygen atoms in total. The molecule has 3 atom stereocenters. The van der Waals surface area contributed by atoms with Gasteiger partial charge in [-0.15, -0.1) is 0 Å². The van der Waals surface area contributed by atoms with E-state index in [1.807, 2.05) is 24.8 Å². The van der Waals surface area contributed by atoms with Crippen LogP contribution in [0.3, 0.4) is 0 Å². The molecule has 1 aromatic heterocycles. The lowest BCUT2D eigenvalue weighted by Crippen LogP contribution is -2.62. The summed E-state index contributed by atoms with van der Waals surface area (Å²) in [6.45, 7) is 7.90. The van der Waals surface area contributed by atoms with E-state index >= 15 is 0 Å². The van der Waals surface area contributed by atoms with Crippen LogP contribution in [-0.4, -0.2) is 45.8 Å². The first kappa shape index (κ1) is 24.6. The minimum Gasteiger partial charge on any atom is -0.368 e. The number of anilines is 2. The Bertz CT molecular complexity index is 1010. The van der Waals surface area contributed by atoms with Gasteiger partial charge in [-0.3, -0.25) is 9.59 Å². The highest BCUT2D eigenvalue weighted by Gasteiger charge is 2.48. The van der Waals surface area contributed by atoms with Crippen molar-refractivity contribution < 1.29 is 14.0 Å². The highest BCUT2D eigenvalue weighted by molar-refractivity contribution is 5.93. The molecule has 0 saturated carbocycles. The van der Waals surface area contributed by atoms with Gasteiger partial charge in [0.2, 0.25) is 11.8 Å². The SMILES string of the molecule is CNC(C)(C(N)=O)[C@@H](C(=O)N1CCC[C@H]1c1cc(Nc2ccc(F)cc2)nc(C)n1)C(C)C. The molecule has 0 spiro atoms. The number of aryl methyl sites for hydroxylation is 1. The van der Waals surface area contributed by atoms with Crippen LogP contribution in [0.2, 0.25) is 0 Å². The van der Waals surface area contributed by atoms with Crippen LogP contribution in [0.25, 0.3) is 0 Å². The summed E-state index contributed by atoms with van der Waals surface area (Å²) in [4.78, 5) is 36.9. The van der Waals surface area contributed by atoms with E-state index in [1.165, 1.54) is 12.1 Å². The molecule has 33 heavy (non-hydrogen) atoms. The number of halogens is 1. The molecule has 1 fully saturated rings. The molecule has 1 unspecified atom stereocenters. The first-order valence-electron chi connectivity index (χ1n) is 11.2. The highest BCUT2D eigenvalue weighted by Crippen LogP contribution is 2.36. The summed E-state index contributed by atoms with van der Waals surface area (Å²) in [7, 11) is 1.65. The maximum absolute atomic E-state index is 13.8. The fourth-order valence-corrected chi connectivity index (χ4v) is 4.65. The molecule has 1 aliphatic heterocycles. The molecule has 4 N–H and O–H groups in total. The van der Waals surface area contributed by atoms with Crippen LogP contribution in [0.5, 0.6) is 0 Å². The van der Waals surface area contributed by atoms with E-state index < -0.39 is 17.4 Å². The zero-order valence-electron chi connectivity index (χ0n) is 19.9. The topological polar surface area (TPSA) is 113 Å². The van der Waals surface area contributed by atoms with Gasteiger partial charge in [0.1, 0.15) is 23.0 Å². The largest absolute Gasteiger partial charge is 0.368 e. The lowest BCUT2D eigenvalue weighted by molar-refractivity contribution is -0.145. The van der Waals surface area contributed by atoms with E-state index in [0.29, 0.717) is 23.9 Å². The Hall–Kier alpha value is -3.07. The number of carbonyl (C=O) groups excluding carboxylic acids is 2. The average molecular weight is 457 g/mol. The number of amides is 2. The minimum absolute atomic E-state index is 0.105. The van der Waals surface area contributed by atoms with Crippen LogP contribution in [0.4, 0.5) is 15.9 Å². The zero-order chi connectivity index (χ0) is 24.3. The van der Waals surface area contributed by atoms with E-state index in [4.69, 9.17) is 5.73 Å². The molecule has 9 heteroatoms. The van der Waals surface area contributed by atoms with E-state index in [0.717, 1.165) is 18.5 Å². The number of nitrogens with two attached hydrogens (primary N) is 1. The van der Waals surface area contributed by atoms with Crippen molar-refractivity contribution in [1.82, 2.24) is 20.2 Å². The molecule has 1 aromatic carbocycles. The van der Waals surface area contributed by atoms with Gasteiger partial charge in [-0.05, 0) is 63.9 Å². The van der Waals surface area contributed by atoms with Crippen molar-refractivity contribution in [3.8, 4) is 0 Å². The fourth-order valence-electron chi connectivity index (χ4n) is 4.65. The second kappa shape index (κ2) is 9.82. The second-order valence-electron chi connectivity index (χ2n) is 9.09. The summed E-state index contributed by atoms with van der Waals surface area (Å²) < 4.78 is 13.2. The van der Waals surface area contributed by atoms with Crippen LogP contribution in [0.1, 0.15) is 51.2 Å². The van der Waals surface area contributed by atoms with Gasteiger partial charge in [0, 0.05) is 18.3 Å². The van der Waals surface area contributed by atoms with E-state index in [1.54, 1.807) is 33.0 Å². The lowest BCUT2D eigenvalue weighted by atomic mass is 9.76. The van der Waals surface area contributed by atoms with E-state index in [-0.39, 0.29) is 23.7 Å². The van der Waals surface area contributed by atoms with Crippen LogP contribution in [-0.2, 0) is 9.59 Å². The maximum atomic E-state index is 13.8. The summed E-state index contributed by atoms with van der Waals surface area (Å²) in [6, 6.07) is 7.60. The number of likely N-dealkylation sites (tertiary alicyclic amines) is 1. The Kier molecular flexibility index (Phi) is 7.31. The van der Waals surface area contributed by atoms with Crippen molar-refractivity contribution in [2.75, 3.05) is 18.9 Å². The molecule has 3 rings (SSSR count). The maximum Gasteiger partial charge on any atom is 0.238 e. The Labute approximate surface area is 194 Å². The van der Waals surface area contributed by atoms with Crippen LogP contribution < -0.4 is 16.4 Å². The number of carbonyl (C=O) groups is 2. The molecule has 2 aromatic rings. The fraction of sp³-hybridized carbons (Fsp3) is 0.500. The van der Waals surface area contributed by atoms with E-state index in [9.17, 15) is 14.0 Å². The molecule has 0 aliphatic carbocycles. The third-order valence-corrected chi connectivity index (χ3v) is 6.44. The normalized spacial score (nSPS) is 18.8. The molecule has 2 amide bonds. The number of likely N-dealkylation sites (N-methyl/N-ethyl adjacent to an activating group) is 1. The Morgan fingerprint density at radius 1 is 1.24 bits per heavy atom. The number of primary amides is 1. The van der Waals surface area contributed by atoms with Gasteiger partial charge in [0.05, 0.1) is 17.7 Å². The first-order chi connectivity index (χ1) is 15.6. The number of aromatic nitrogens is 2. The van der Waals surface area contributed by atoms with Crippen molar-refractivity contribution in [3.05, 3.63) is 47.7 Å². The molecular weight excluding hydrogens is 423 g/mol. The molecular formula is C24H33FN6O2. The standard InChI is InChI=1S/C24H33FN6O2/c1-14(2)21(24(4,27-5)23(26)33)22(32)31-12-6-7-19(31)18-13-20(29-15(3)28-18)30-17-10-8-16(25)9-11-17/h8-11,13-14,19,21,27H,6-7,12H2,1-5H3,(H2,26,33)(H,28,29,30)/t19-,21+,24?/m0/s1. The van der Waals surface area contributed by atoms with Gasteiger partial charge in [0.15, 0.2) is 0 Å². The number of hydrogen-bond acceptors (Lipinski definition) is 6. The van der Waals surface area contributed by atoms with Crippen molar-refractivity contribution in [1.29, 1.82) is 0 Å². The molecule has 2 heterocycles. The Morgan fingerprint density at radius 3 is 2.48 bits per heavy atom. The van der Waals surface area contributed by atoms with Gasteiger partial charge >= 0.3 is 0 Å². The Morgan fingerprint density at radius 2 is 1.91 bits per heavy atom. The summed E-state index contributed by atoms with van der Waals surface area (Å²) in [5.74, 6) is -0.588. The summed E-state index contributed by atoms with van der Waals surface area (Å²) in [5.41, 5.74) is 5.96. The first-order valence-corrected chi connectivity index (χ1v) is 11.2. The summed E-state index contributed by atoms with van der Waals surface area (Å²) >= 11 is 0. The molecule has 1 aliphatic rings. The summed E-state index contributed by atoms with van der Waals surface area (Å²) in [5, 5.41) is 6.16. The van der Waals surface area contributed by atoms with Gasteiger partial charge in [-0.2, -0.15) is 0 Å². The van der Waals surface area contributed by atoms with Crippen molar-refractivity contribution >= 4 is 23.3 Å². The van der Waals surface area contributed by atoms with Gasteiger partial charge in [-0.25, -0.2) is 14.4 Å². The minimum atomic E-state index is -1.17. The Balaban J connectivity index is 1.91. The van der Waals surface area contributed by atoms with Crippen LogP contribution in [0.15, 0.2) is 30.3 Å². The van der Waals surface area contributed by atoms with Crippen molar-refractivity contribution in [2.24, 2.45) is 17.6 Å². The smallest absolute Gasteiger partial charge is 0.238 e. The van der Waals surface area contributed by atoms with Gasteiger partial charge < -0.3 is 21.3 Å². The lowest BCUT2D eigenvalue weighted by Gasteiger charge is -2.39. The predicted molar refractivity (Wildman–Crippen MR) is 125 cm³/mol. The molecule has 0 radical (unpaired) electrons. The van der Waals surface area contributed by atoms with Crippen LogP contribution >= 0.6 is 0 Å². The molecule has 178 valence electrons. The highest BCUT2D eigenvalue weighted by atomic mass is 19.1. The monoisotopic (exact) mass is 456 g/mol. The third kappa shape index (κ3) is 5.13. The van der Waals surface area contributed by atoms with E-state index in [2.05, 4.69) is 20.6 Å². The number of nitrogens with one attached hydrogen (secondary N) is 2. The molecule has 1 saturated heterocycles. The van der Waals surface area contributed by atoms with Crippen molar-refractivity contribution in [3.63, 3.8) is 0 Å². The number of nitrogens with zero attached hydrogens (tertiary/aromatic N) is 3. The van der Waals surface area contributed by atoms with Gasteiger partial charge in [0.25, 0.3) is 0 Å². The van der Waals surface area contributed by atoms with Gasteiger partial charge in [-0.1, -0.05) is 13.8 Å². The third-order valence-electron chi connectivity index (χ3n) is 6.44. The zero-order valence-corrected chi connectivity index (χ0v) is 19.9. The summed E-state index contributed by atoms with van der Waals surface area (Å²) in [6.07, 6.45) is 1.59. The number of benzene rings is 1. The quantitative estimate of drug-likeness (QED) is 0.563. The van der Waals surface area contributed by atoms with Crippen LogP contribution in [0, 0.1) is 24.6 Å². The average Bonchev–Trinajstić information content (AvgIpc) is 3.24. The van der Waals surface area contributed by atoms with Crippen molar-refractivity contribution in [2.45, 2.75) is 52.1 Å².